The van der Waals surface area contributed by atoms with Crippen molar-refractivity contribution in [3.8, 4) is 0 Å². The van der Waals surface area contributed by atoms with Crippen LogP contribution >= 0.6 is 0 Å². The van der Waals surface area contributed by atoms with Gasteiger partial charge in [-0.1, -0.05) is 19.7 Å². The molecular weight excluding hydrogens is 400 g/mol. The van der Waals surface area contributed by atoms with E-state index in [-0.39, 0.29) is 44.4 Å². The van der Waals surface area contributed by atoms with Crippen molar-refractivity contribution in [2.24, 2.45) is 0 Å². The molecule has 170 valence electrons. The van der Waals surface area contributed by atoms with Gasteiger partial charge in [-0.2, -0.15) is 0 Å². The van der Waals surface area contributed by atoms with Crippen LogP contribution in [0.1, 0.15) is 19.3 Å². The van der Waals surface area contributed by atoms with Gasteiger partial charge in [-0.25, -0.2) is 0 Å². The number of amides is 4. The van der Waals surface area contributed by atoms with Crippen molar-refractivity contribution in [2.45, 2.75) is 25.8 Å². The average molecular weight is 433 g/mol. The van der Waals surface area contributed by atoms with Gasteiger partial charge in [0.25, 0.3) is 0 Å². The van der Waals surface area contributed by atoms with Gasteiger partial charge < -0.3 is 31.2 Å². The van der Waals surface area contributed by atoms with Crippen molar-refractivity contribution in [2.75, 3.05) is 33.2 Å². The second-order valence-electron chi connectivity index (χ2n) is 6.85. The lowest BCUT2D eigenvalue weighted by atomic mass is 10.2. The van der Waals surface area contributed by atoms with Gasteiger partial charge in [-0.15, -0.1) is 0 Å². The SMILES string of the molecule is C=C(CCCn1c(=C)ccc1=C)NCC(=O)NCC(=O)NCC(=O)NCCC(=O)NC. The van der Waals surface area contributed by atoms with Crippen LogP contribution in [0.3, 0.4) is 0 Å². The van der Waals surface area contributed by atoms with Crippen LogP contribution in [0.25, 0.3) is 13.2 Å². The smallest absolute Gasteiger partial charge is 0.239 e. The first-order valence-corrected chi connectivity index (χ1v) is 9.98. The summed E-state index contributed by atoms with van der Waals surface area (Å²) in [6.45, 7) is 12.2. The largest absolute Gasteiger partial charge is 0.380 e. The average Bonchev–Trinajstić information content (AvgIpc) is 3.06. The van der Waals surface area contributed by atoms with E-state index in [2.05, 4.69) is 46.3 Å². The molecule has 0 aliphatic carbocycles. The summed E-state index contributed by atoms with van der Waals surface area (Å²) < 4.78 is 2.01. The van der Waals surface area contributed by atoms with Crippen molar-refractivity contribution in [1.82, 2.24) is 31.2 Å². The third-order valence-electron chi connectivity index (χ3n) is 4.37. The molecular formula is C21H32N6O4. The summed E-state index contributed by atoms with van der Waals surface area (Å²) in [7, 11) is 1.51. The molecule has 0 bridgehead atoms. The molecule has 10 heteroatoms. The zero-order valence-corrected chi connectivity index (χ0v) is 18.0. The number of nitrogens with zero attached hydrogens (tertiary/aromatic N) is 1. The molecule has 1 aromatic rings. The fourth-order valence-corrected chi connectivity index (χ4v) is 2.57. The highest BCUT2D eigenvalue weighted by molar-refractivity contribution is 5.88. The van der Waals surface area contributed by atoms with Crippen LogP contribution in [0.4, 0.5) is 0 Å². The van der Waals surface area contributed by atoms with E-state index < -0.39 is 11.8 Å². The Morgan fingerprint density at radius 2 is 1.32 bits per heavy atom. The van der Waals surface area contributed by atoms with E-state index in [9.17, 15) is 19.2 Å². The van der Waals surface area contributed by atoms with Crippen LogP contribution in [0, 0.1) is 0 Å². The number of carbonyl (C=O) groups excluding carboxylic acids is 4. The van der Waals surface area contributed by atoms with Gasteiger partial charge in [0, 0.05) is 43.0 Å². The van der Waals surface area contributed by atoms with E-state index in [1.54, 1.807) is 0 Å². The maximum absolute atomic E-state index is 11.8. The number of rotatable bonds is 14. The van der Waals surface area contributed by atoms with Crippen LogP contribution in [0.5, 0.6) is 0 Å². The standard InChI is InChI=1S/C21H32N6O4/c1-15(6-5-11-27-16(2)7-8-17(27)3)24-12-20(30)26-14-21(31)25-13-19(29)23-10-9-18(28)22-4/h7-8,24H,1-3,5-6,9-14H2,4H3,(H,22,28)(H,23,29)(H,25,31)(H,26,30). The van der Waals surface area contributed by atoms with E-state index in [1.165, 1.54) is 7.05 Å². The molecule has 0 radical (unpaired) electrons. The Bertz CT molecular complexity index is 865. The Morgan fingerprint density at radius 1 is 0.806 bits per heavy atom. The van der Waals surface area contributed by atoms with Gasteiger partial charge in [0.1, 0.15) is 0 Å². The predicted octanol–water partition coefficient (Wildman–Crippen LogP) is -2.32. The van der Waals surface area contributed by atoms with Crippen molar-refractivity contribution >= 4 is 36.8 Å². The molecule has 0 aromatic carbocycles. The summed E-state index contributed by atoms with van der Waals surface area (Å²) in [5, 5.41) is 14.5. The Hall–Kier alpha value is -3.56. The molecule has 1 rings (SSSR count). The number of nitrogens with one attached hydrogen (secondary N) is 5. The lowest BCUT2D eigenvalue weighted by Crippen LogP contribution is -2.44. The van der Waals surface area contributed by atoms with E-state index in [1.807, 2.05) is 16.7 Å². The van der Waals surface area contributed by atoms with Gasteiger partial charge in [0.2, 0.25) is 23.6 Å². The monoisotopic (exact) mass is 432 g/mol. The third kappa shape index (κ3) is 10.7. The maximum atomic E-state index is 11.8. The number of allylic oxidation sites excluding steroid dienone is 1. The highest BCUT2D eigenvalue weighted by atomic mass is 16.2. The Balaban J connectivity index is 2.12. The molecule has 31 heavy (non-hydrogen) atoms. The van der Waals surface area contributed by atoms with Crippen LogP contribution in [-0.2, 0) is 25.7 Å². The molecule has 0 saturated heterocycles. The molecule has 0 aliphatic rings. The van der Waals surface area contributed by atoms with E-state index >= 15 is 0 Å². The van der Waals surface area contributed by atoms with Gasteiger partial charge in [-0.05, 0) is 25.0 Å². The Kier molecular flexibility index (Phi) is 11.2. The summed E-state index contributed by atoms with van der Waals surface area (Å²) in [5.74, 6) is -1.47. The summed E-state index contributed by atoms with van der Waals surface area (Å²) in [6.07, 6.45) is 1.66. The zero-order valence-electron chi connectivity index (χ0n) is 18.0. The molecule has 4 amide bonds. The Morgan fingerprint density at radius 3 is 1.87 bits per heavy atom. The Labute approximate surface area is 181 Å². The van der Waals surface area contributed by atoms with Crippen LogP contribution in [0.15, 0.2) is 24.4 Å². The molecule has 0 spiro atoms. The van der Waals surface area contributed by atoms with Gasteiger partial charge in [0.15, 0.2) is 0 Å². The molecule has 1 aromatic heterocycles. The van der Waals surface area contributed by atoms with E-state index in [0.717, 1.165) is 29.4 Å². The minimum absolute atomic E-state index is 0.00320. The molecule has 5 N–H and O–H groups in total. The van der Waals surface area contributed by atoms with Crippen molar-refractivity contribution in [1.29, 1.82) is 0 Å². The van der Waals surface area contributed by atoms with Gasteiger partial charge in [-0.3, -0.25) is 19.2 Å². The molecule has 1 heterocycles. The van der Waals surface area contributed by atoms with E-state index in [4.69, 9.17) is 0 Å². The minimum Gasteiger partial charge on any atom is -0.380 e. The predicted molar refractivity (Wildman–Crippen MR) is 119 cm³/mol. The van der Waals surface area contributed by atoms with Crippen molar-refractivity contribution in [3.63, 3.8) is 0 Å². The van der Waals surface area contributed by atoms with Crippen LogP contribution in [0.2, 0.25) is 0 Å². The first-order chi connectivity index (χ1) is 14.7. The first-order valence-electron chi connectivity index (χ1n) is 9.98. The second-order valence-corrected chi connectivity index (χ2v) is 6.85. The number of aromatic nitrogens is 1. The quantitative estimate of drug-likeness (QED) is 0.225. The van der Waals surface area contributed by atoms with E-state index in [0.29, 0.717) is 6.42 Å². The highest BCUT2D eigenvalue weighted by Gasteiger charge is 2.08. The topological polar surface area (TPSA) is 133 Å². The minimum atomic E-state index is -0.492. The normalized spacial score (nSPS) is 10.1. The van der Waals surface area contributed by atoms with Crippen molar-refractivity contribution in [3.05, 3.63) is 35.1 Å². The molecule has 0 aliphatic heterocycles. The summed E-state index contributed by atoms with van der Waals surface area (Å²) in [5.41, 5.74) is 0.719. The van der Waals surface area contributed by atoms with Gasteiger partial charge in [0.05, 0.1) is 19.6 Å². The molecule has 0 atom stereocenters. The molecule has 0 unspecified atom stereocenters. The molecule has 0 fully saturated rings. The maximum Gasteiger partial charge on any atom is 0.239 e. The number of hydrogen-bond acceptors (Lipinski definition) is 5. The zero-order chi connectivity index (χ0) is 23.2. The third-order valence-corrected chi connectivity index (χ3v) is 4.37. The molecule has 0 saturated carbocycles. The van der Waals surface area contributed by atoms with Crippen LogP contribution in [-0.4, -0.2) is 61.4 Å². The highest BCUT2D eigenvalue weighted by Crippen LogP contribution is 1.99. The lowest BCUT2D eigenvalue weighted by molar-refractivity contribution is -0.127. The van der Waals surface area contributed by atoms with Gasteiger partial charge >= 0.3 is 0 Å². The van der Waals surface area contributed by atoms with Crippen LogP contribution < -0.4 is 37.3 Å². The second kappa shape index (κ2) is 13.6. The fraction of sp³-hybridized carbons (Fsp3) is 0.429. The lowest BCUT2D eigenvalue weighted by Gasteiger charge is -2.11. The van der Waals surface area contributed by atoms with Crippen molar-refractivity contribution < 1.29 is 19.2 Å². The number of carbonyl (C=O) groups is 4. The summed E-state index contributed by atoms with van der Waals surface area (Å²) >= 11 is 0. The first kappa shape index (κ1) is 25.5. The summed E-state index contributed by atoms with van der Waals surface area (Å²) in [4.78, 5) is 46.1. The number of hydrogen-bond donors (Lipinski definition) is 5. The molecule has 10 nitrogen and oxygen atoms in total. The fourth-order valence-electron chi connectivity index (χ4n) is 2.57. The summed E-state index contributed by atoms with van der Waals surface area (Å²) in [6, 6.07) is 3.82.